The third kappa shape index (κ3) is 42.6. The maximum atomic E-state index is 12.6. The van der Waals surface area contributed by atoms with Crippen molar-refractivity contribution in [2.75, 3.05) is 33.0 Å². The molecule has 0 aromatic carbocycles. The number of phosphoric ester groups is 1. The first-order valence-electron chi connectivity index (χ1n) is 23.2. The van der Waals surface area contributed by atoms with Crippen molar-refractivity contribution >= 4 is 13.8 Å². The van der Waals surface area contributed by atoms with Gasteiger partial charge in [-0.3, -0.25) is 13.8 Å². The minimum Gasteiger partial charge on any atom is -0.457 e. The summed E-state index contributed by atoms with van der Waals surface area (Å²) in [4.78, 5) is 22.6. The number of hydrogen-bond acceptors (Lipinski definition) is 8. The van der Waals surface area contributed by atoms with Crippen molar-refractivity contribution < 1.29 is 43.0 Å². The van der Waals surface area contributed by atoms with E-state index in [2.05, 4.69) is 26.0 Å². The number of aliphatic hydroxyl groups excluding tert-OH is 2. The summed E-state index contributed by atoms with van der Waals surface area (Å²) >= 11 is 0. The lowest BCUT2D eigenvalue weighted by atomic mass is 10.0. The van der Waals surface area contributed by atoms with Crippen molar-refractivity contribution in [1.29, 1.82) is 0 Å². The van der Waals surface area contributed by atoms with Gasteiger partial charge in [0.15, 0.2) is 0 Å². The summed E-state index contributed by atoms with van der Waals surface area (Å²) in [6.07, 6.45) is 43.2. The molecule has 0 radical (unpaired) electrons. The molecule has 3 atom stereocenters. The molecule has 0 aliphatic heterocycles. The van der Waals surface area contributed by atoms with E-state index >= 15 is 0 Å². The first kappa shape index (κ1) is 54.2. The molecule has 328 valence electrons. The highest BCUT2D eigenvalue weighted by atomic mass is 31.2. The van der Waals surface area contributed by atoms with Crippen LogP contribution in [-0.4, -0.2) is 66.3 Å². The van der Waals surface area contributed by atoms with Crippen molar-refractivity contribution in [2.45, 2.75) is 238 Å². The zero-order valence-electron chi connectivity index (χ0n) is 35.9. The molecule has 3 N–H and O–H groups in total. The Morgan fingerprint density at radius 2 is 0.927 bits per heavy atom. The maximum absolute atomic E-state index is 12.6. The summed E-state index contributed by atoms with van der Waals surface area (Å²) in [5.74, 6) is -0.387. The Morgan fingerprint density at radius 3 is 1.38 bits per heavy atom. The van der Waals surface area contributed by atoms with E-state index in [1.807, 2.05) is 0 Å². The van der Waals surface area contributed by atoms with E-state index in [-0.39, 0.29) is 25.6 Å². The molecule has 55 heavy (non-hydrogen) atoms. The van der Waals surface area contributed by atoms with Crippen LogP contribution in [0.1, 0.15) is 226 Å². The number of ether oxygens (including phenoxy) is 2. The topological polar surface area (TPSA) is 132 Å². The van der Waals surface area contributed by atoms with Crippen LogP contribution in [0.25, 0.3) is 0 Å². The van der Waals surface area contributed by atoms with Gasteiger partial charge in [-0.2, -0.15) is 0 Å². The van der Waals surface area contributed by atoms with Crippen LogP contribution < -0.4 is 0 Å². The molecule has 0 amide bonds. The molecule has 0 aromatic heterocycles. The number of esters is 1. The molecular weight excluding hydrogens is 715 g/mol. The molecule has 0 aliphatic carbocycles. The van der Waals surface area contributed by atoms with Crippen LogP contribution >= 0.6 is 7.82 Å². The second-order valence-corrected chi connectivity index (χ2v) is 17.2. The van der Waals surface area contributed by atoms with Gasteiger partial charge in [-0.1, -0.05) is 193 Å². The maximum Gasteiger partial charge on any atom is 0.472 e. The highest BCUT2D eigenvalue weighted by Crippen LogP contribution is 2.43. The van der Waals surface area contributed by atoms with Crippen molar-refractivity contribution in [3.63, 3.8) is 0 Å². The van der Waals surface area contributed by atoms with Gasteiger partial charge in [-0.15, -0.1) is 0 Å². The van der Waals surface area contributed by atoms with Gasteiger partial charge in [0.05, 0.1) is 26.4 Å². The molecule has 0 saturated carbocycles. The Balaban J connectivity index is 4.05. The fraction of sp³-hybridized carbons (Fsp3) is 0.933. The minimum atomic E-state index is -4.51. The Labute approximate surface area is 339 Å². The predicted octanol–water partition coefficient (Wildman–Crippen LogP) is 12.9. The van der Waals surface area contributed by atoms with Gasteiger partial charge < -0.3 is 24.6 Å². The van der Waals surface area contributed by atoms with Crippen LogP contribution in [0.3, 0.4) is 0 Å². The number of aliphatic hydroxyl groups is 2. The normalized spacial score (nSPS) is 14.1. The van der Waals surface area contributed by atoms with E-state index in [1.54, 1.807) is 0 Å². The van der Waals surface area contributed by atoms with E-state index in [0.29, 0.717) is 6.61 Å². The van der Waals surface area contributed by atoms with Gasteiger partial charge in [0, 0.05) is 13.0 Å². The first-order chi connectivity index (χ1) is 26.8. The van der Waals surface area contributed by atoms with Crippen LogP contribution in [0.2, 0.25) is 0 Å². The van der Waals surface area contributed by atoms with Crippen LogP contribution in [0.4, 0.5) is 0 Å². The molecule has 0 bridgehead atoms. The largest absolute Gasteiger partial charge is 0.472 e. The summed E-state index contributed by atoms with van der Waals surface area (Å²) < 4.78 is 33.4. The van der Waals surface area contributed by atoms with Gasteiger partial charge >= 0.3 is 13.8 Å². The van der Waals surface area contributed by atoms with E-state index < -0.39 is 33.2 Å². The Bertz CT molecular complexity index is 871. The number of allylic oxidation sites excluding steroid dienone is 2. The molecule has 0 heterocycles. The minimum absolute atomic E-state index is 0.0519. The number of carbonyl (C=O) groups is 1. The molecule has 10 heteroatoms. The van der Waals surface area contributed by atoms with Crippen LogP contribution in [0.15, 0.2) is 12.2 Å². The molecule has 9 nitrogen and oxygen atoms in total. The monoisotopic (exact) mass is 805 g/mol. The molecule has 0 aromatic rings. The second-order valence-electron chi connectivity index (χ2n) is 15.8. The van der Waals surface area contributed by atoms with E-state index in [9.17, 15) is 19.4 Å². The quantitative estimate of drug-likeness (QED) is 0.0238. The SMILES string of the molecule is CCCCCC/C=C\CCCCCCCC(=O)OC(COCCCCCCCCCCCCCCCCCCCCCCC)COP(=O)(O)OCC(O)CO. The fourth-order valence-corrected chi connectivity index (χ4v) is 7.44. The number of carbonyl (C=O) groups excluding carboxylic acids is 1. The van der Waals surface area contributed by atoms with Crippen molar-refractivity contribution in [3.05, 3.63) is 12.2 Å². The van der Waals surface area contributed by atoms with Gasteiger partial charge in [-0.05, 0) is 38.5 Å². The highest BCUT2D eigenvalue weighted by Gasteiger charge is 2.26. The summed E-state index contributed by atoms with van der Waals surface area (Å²) in [5.41, 5.74) is 0. The number of rotatable bonds is 45. The van der Waals surface area contributed by atoms with E-state index in [4.69, 9.17) is 23.6 Å². The second kappa shape index (κ2) is 42.8. The van der Waals surface area contributed by atoms with E-state index in [0.717, 1.165) is 51.4 Å². The molecule has 0 rings (SSSR count). The van der Waals surface area contributed by atoms with Crippen LogP contribution in [-0.2, 0) is 27.9 Å². The number of phosphoric acid groups is 1. The third-order valence-electron chi connectivity index (χ3n) is 10.2. The first-order valence-corrected chi connectivity index (χ1v) is 24.7. The van der Waals surface area contributed by atoms with Crippen molar-refractivity contribution in [3.8, 4) is 0 Å². The van der Waals surface area contributed by atoms with Crippen molar-refractivity contribution in [1.82, 2.24) is 0 Å². The average molecular weight is 805 g/mol. The third-order valence-corrected chi connectivity index (χ3v) is 11.2. The average Bonchev–Trinajstić information content (AvgIpc) is 3.18. The zero-order chi connectivity index (χ0) is 40.3. The molecule has 0 saturated heterocycles. The van der Waals surface area contributed by atoms with E-state index in [1.165, 1.54) is 154 Å². The zero-order valence-corrected chi connectivity index (χ0v) is 36.8. The molecule has 0 spiro atoms. The highest BCUT2D eigenvalue weighted by molar-refractivity contribution is 7.47. The summed E-state index contributed by atoms with van der Waals surface area (Å²) in [6, 6.07) is 0. The van der Waals surface area contributed by atoms with Gasteiger partial charge in [0.1, 0.15) is 12.2 Å². The summed E-state index contributed by atoms with van der Waals surface area (Å²) in [5, 5.41) is 18.4. The lowest BCUT2D eigenvalue weighted by Gasteiger charge is -2.20. The smallest absolute Gasteiger partial charge is 0.457 e. The summed E-state index contributed by atoms with van der Waals surface area (Å²) in [6.45, 7) is 3.54. The van der Waals surface area contributed by atoms with Crippen molar-refractivity contribution in [2.24, 2.45) is 0 Å². The Kier molecular flexibility index (Phi) is 42.2. The molecule has 3 unspecified atom stereocenters. The molecular formula is C45H89O9P. The number of unbranched alkanes of at least 4 members (excludes halogenated alkanes) is 29. The van der Waals surface area contributed by atoms with Gasteiger partial charge in [-0.25, -0.2) is 4.57 Å². The lowest BCUT2D eigenvalue weighted by Crippen LogP contribution is -2.29. The summed E-state index contributed by atoms with van der Waals surface area (Å²) in [7, 11) is -4.51. The molecule has 0 aliphatic rings. The Morgan fingerprint density at radius 1 is 0.545 bits per heavy atom. The fourth-order valence-electron chi connectivity index (χ4n) is 6.65. The predicted molar refractivity (Wildman–Crippen MR) is 228 cm³/mol. The molecule has 0 fully saturated rings. The standard InChI is InChI=1S/C45H89O9P/c1-3-5-7-9-11-13-15-17-18-19-20-21-22-23-24-26-28-30-32-34-36-38-51-41-44(42-53-55(49,50)52-40-43(47)39-46)54-45(48)37-35-33-31-29-27-25-16-14-12-10-8-6-4-2/h14,16,43-44,46-47H,3-13,15,17-42H2,1-2H3,(H,49,50)/b16-14-. The van der Waals surface area contributed by atoms with Gasteiger partial charge in [0.25, 0.3) is 0 Å². The van der Waals surface area contributed by atoms with Gasteiger partial charge in [0.2, 0.25) is 0 Å². The number of hydrogen-bond donors (Lipinski definition) is 3. The Hall–Kier alpha value is -0.800. The lowest BCUT2D eigenvalue weighted by molar-refractivity contribution is -0.154. The van der Waals surface area contributed by atoms with Crippen LogP contribution in [0, 0.1) is 0 Å². The van der Waals surface area contributed by atoms with Crippen LogP contribution in [0.5, 0.6) is 0 Å².